The van der Waals surface area contributed by atoms with E-state index in [2.05, 4.69) is 5.32 Å². The van der Waals surface area contributed by atoms with Gasteiger partial charge >= 0.3 is 0 Å². The van der Waals surface area contributed by atoms with E-state index in [1.54, 1.807) is 0 Å². The number of rotatable bonds is 2. The van der Waals surface area contributed by atoms with Crippen molar-refractivity contribution in [1.29, 1.82) is 0 Å². The Morgan fingerprint density at radius 2 is 2.30 bits per heavy atom. The van der Waals surface area contributed by atoms with Gasteiger partial charge in [0.25, 0.3) is 5.91 Å². The van der Waals surface area contributed by atoms with Gasteiger partial charge in [0, 0.05) is 32.2 Å². The van der Waals surface area contributed by atoms with Gasteiger partial charge in [-0.2, -0.15) is 0 Å². The summed E-state index contributed by atoms with van der Waals surface area (Å²) >= 11 is 1.48. The number of carbonyl (C=O) groups is 2. The highest BCUT2D eigenvalue weighted by molar-refractivity contribution is 7.12. The summed E-state index contributed by atoms with van der Waals surface area (Å²) in [6, 6.07) is 3.95. The SMILES string of the molecule is O=C(c1cccs1)N1CCCC(N2CCNCC2=O)C1. The van der Waals surface area contributed by atoms with Crippen molar-refractivity contribution in [1.82, 2.24) is 15.1 Å². The summed E-state index contributed by atoms with van der Waals surface area (Å²) in [5, 5.41) is 5.01. The lowest BCUT2D eigenvalue weighted by Crippen LogP contribution is -2.57. The minimum absolute atomic E-state index is 0.104. The van der Waals surface area contributed by atoms with Crippen LogP contribution in [-0.2, 0) is 4.79 Å². The highest BCUT2D eigenvalue weighted by Crippen LogP contribution is 2.20. The molecule has 2 amide bonds. The van der Waals surface area contributed by atoms with Crippen molar-refractivity contribution in [3.8, 4) is 0 Å². The molecule has 1 N–H and O–H groups in total. The van der Waals surface area contributed by atoms with E-state index in [0.717, 1.165) is 37.4 Å². The van der Waals surface area contributed by atoms with Crippen LogP contribution >= 0.6 is 11.3 Å². The zero-order chi connectivity index (χ0) is 13.9. The number of nitrogens with one attached hydrogen (secondary N) is 1. The maximum absolute atomic E-state index is 12.4. The van der Waals surface area contributed by atoms with Crippen LogP contribution in [0.1, 0.15) is 22.5 Å². The fraction of sp³-hybridized carbons (Fsp3) is 0.571. The Hall–Kier alpha value is -1.40. The molecule has 0 spiro atoms. The normalized spacial score (nSPS) is 24.0. The van der Waals surface area contributed by atoms with Crippen molar-refractivity contribution in [3.05, 3.63) is 22.4 Å². The Morgan fingerprint density at radius 3 is 3.05 bits per heavy atom. The molecule has 1 aromatic rings. The number of hydrogen-bond acceptors (Lipinski definition) is 4. The average Bonchev–Trinajstić information content (AvgIpc) is 3.01. The summed E-state index contributed by atoms with van der Waals surface area (Å²) in [6.07, 6.45) is 1.97. The lowest BCUT2D eigenvalue weighted by Gasteiger charge is -2.41. The van der Waals surface area contributed by atoms with Crippen LogP contribution in [0.2, 0.25) is 0 Å². The number of likely N-dealkylation sites (tertiary alicyclic amines) is 1. The predicted octanol–water partition coefficient (Wildman–Crippen LogP) is 0.784. The van der Waals surface area contributed by atoms with Gasteiger partial charge in [0.2, 0.25) is 5.91 Å². The molecule has 3 heterocycles. The fourth-order valence-electron chi connectivity index (χ4n) is 2.96. The lowest BCUT2D eigenvalue weighted by atomic mass is 10.0. The van der Waals surface area contributed by atoms with Crippen LogP contribution in [0.4, 0.5) is 0 Å². The van der Waals surface area contributed by atoms with E-state index in [9.17, 15) is 9.59 Å². The smallest absolute Gasteiger partial charge is 0.263 e. The van der Waals surface area contributed by atoms with Gasteiger partial charge in [-0.15, -0.1) is 11.3 Å². The topological polar surface area (TPSA) is 52.7 Å². The molecule has 2 aliphatic heterocycles. The summed E-state index contributed by atoms with van der Waals surface area (Å²) in [5.41, 5.74) is 0. The molecular weight excluding hydrogens is 274 g/mol. The molecule has 0 radical (unpaired) electrons. The molecular formula is C14H19N3O2S. The summed E-state index contributed by atoms with van der Waals surface area (Å²) in [7, 11) is 0. The molecule has 108 valence electrons. The second-order valence-electron chi connectivity index (χ2n) is 5.29. The third-order valence-corrected chi connectivity index (χ3v) is 4.84. The number of hydrogen-bond donors (Lipinski definition) is 1. The van der Waals surface area contributed by atoms with Crippen molar-refractivity contribution in [2.45, 2.75) is 18.9 Å². The predicted molar refractivity (Wildman–Crippen MR) is 77.8 cm³/mol. The maximum Gasteiger partial charge on any atom is 0.263 e. The van der Waals surface area contributed by atoms with Crippen molar-refractivity contribution in [3.63, 3.8) is 0 Å². The molecule has 0 bridgehead atoms. The fourth-order valence-corrected chi connectivity index (χ4v) is 3.65. The van der Waals surface area contributed by atoms with Gasteiger partial charge in [-0.05, 0) is 24.3 Å². The first-order valence-electron chi connectivity index (χ1n) is 7.08. The Bertz CT molecular complexity index is 489. The van der Waals surface area contributed by atoms with Crippen LogP contribution < -0.4 is 5.32 Å². The van der Waals surface area contributed by atoms with E-state index in [4.69, 9.17) is 0 Å². The van der Waals surface area contributed by atoms with Crippen LogP contribution in [0, 0.1) is 0 Å². The molecule has 20 heavy (non-hydrogen) atoms. The standard InChI is InChI=1S/C14H19N3O2S/c18-13-9-15-5-7-17(13)11-3-1-6-16(10-11)14(19)12-4-2-8-20-12/h2,4,8,11,15H,1,3,5-7,9-10H2. The van der Waals surface area contributed by atoms with Crippen LogP contribution in [0.25, 0.3) is 0 Å². The second-order valence-corrected chi connectivity index (χ2v) is 6.24. The zero-order valence-corrected chi connectivity index (χ0v) is 12.2. The Morgan fingerprint density at radius 1 is 1.40 bits per heavy atom. The first kappa shape index (κ1) is 13.6. The number of piperazine rings is 1. The molecule has 1 aromatic heterocycles. The summed E-state index contributed by atoms with van der Waals surface area (Å²) < 4.78 is 0. The summed E-state index contributed by atoms with van der Waals surface area (Å²) in [5.74, 6) is 0.263. The van der Waals surface area contributed by atoms with E-state index in [1.807, 2.05) is 27.3 Å². The van der Waals surface area contributed by atoms with E-state index >= 15 is 0 Å². The number of thiophene rings is 1. The molecule has 2 aliphatic rings. The molecule has 6 heteroatoms. The van der Waals surface area contributed by atoms with Crippen molar-refractivity contribution < 1.29 is 9.59 Å². The van der Waals surface area contributed by atoms with E-state index in [-0.39, 0.29) is 17.9 Å². The largest absolute Gasteiger partial charge is 0.336 e. The lowest BCUT2D eigenvalue weighted by molar-refractivity contribution is -0.135. The molecule has 1 atom stereocenters. The van der Waals surface area contributed by atoms with Crippen molar-refractivity contribution in [2.75, 3.05) is 32.7 Å². The van der Waals surface area contributed by atoms with E-state index < -0.39 is 0 Å². The minimum atomic E-state index is 0.104. The van der Waals surface area contributed by atoms with Gasteiger partial charge in [0.15, 0.2) is 0 Å². The van der Waals surface area contributed by atoms with Crippen molar-refractivity contribution in [2.24, 2.45) is 0 Å². The molecule has 0 aliphatic carbocycles. The number of carbonyl (C=O) groups excluding carboxylic acids is 2. The number of nitrogens with zero attached hydrogens (tertiary/aromatic N) is 2. The van der Waals surface area contributed by atoms with Crippen LogP contribution in [0.5, 0.6) is 0 Å². The quantitative estimate of drug-likeness (QED) is 0.877. The Balaban J connectivity index is 1.67. The third-order valence-electron chi connectivity index (χ3n) is 3.98. The summed E-state index contributed by atoms with van der Waals surface area (Å²) in [4.78, 5) is 29.0. The van der Waals surface area contributed by atoms with Crippen LogP contribution in [0.3, 0.4) is 0 Å². The van der Waals surface area contributed by atoms with Gasteiger partial charge in [-0.3, -0.25) is 9.59 Å². The molecule has 5 nitrogen and oxygen atoms in total. The zero-order valence-electron chi connectivity index (χ0n) is 11.4. The summed E-state index contributed by atoms with van der Waals surface area (Å²) in [6.45, 7) is 3.50. The minimum Gasteiger partial charge on any atom is -0.336 e. The molecule has 0 aromatic carbocycles. The number of piperidine rings is 1. The third kappa shape index (κ3) is 2.71. The molecule has 1 unspecified atom stereocenters. The second kappa shape index (κ2) is 5.93. The maximum atomic E-state index is 12.4. The highest BCUT2D eigenvalue weighted by atomic mass is 32.1. The van der Waals surface area contributed by atoms with Crippen LogP contribution in [0.15, 0.2) is 17.5 Å². The highest BCUT2D eigenvalue weighted by Gasteiger charge is 2.31. The average molecular weight is 293 g/mol. The first-order valence-corrected chi connectivity index (χ1v) is 7.96. The Kier molecular flexibility index (Phi) is 4.03. The van der Waals surface area contributed by atoms with E-state index in [0.29, 0.717) is 13.1 Å². The molecule has 3 rings (SSSR count). The van der Waals surface area contributed by atoms with Gasteiger partial charge in [0.1, 0.15) is 0 Å². The van der Waals surface area contributed by atoms with Gasteiger partial charge in [-0.1, -0.05) is 6.07 Å². The Labute approximate surface area is 122 Å². The molecule has 2 fully saturated rings. The molecule has 0 saturated carbocycles. The first-order chi connectivity index (χ1) is 9.75. The van der Waals surface area contributed by atoms with Gasteiger partial charge < -0.3 is 15.1 Å². The monoisotopic (exact) mass is 293 g/mol. The van der Waals surface area contributed by atoms with Gasteiger partial charge in [0.05, 0.1) is 11.4 Å². The van der Waals surface area contributed by atoms with Crippen molar-refractivity contribution >= 4 is 23.2 Å². The molecule has 2 saturated heterocycles. The number of amides is 2. The van der Waals surface area contributed by atoms with E-state index in [1.165, 1.54) is 11.3 Å². The van der Waals surface area contributed by atoms with Crippen LogP contribution in [-0.4, -0.2) is 60.4 Å². The van der Waals surface area contributed by atoms with Gasteiger partial charge in [-0.25, -0.2) is 0 Å².